The highest BCUT2D eigenvalue weighted by Crippen LogP contribution is 2.32. The number of hydrogen-bond donors (Lipinski definition) is 2. The standard InChI is InChI=1S/C23H21F3N4S/c1-14(20(27)10-15-2-6-19(7-3-15)23(24,25)26)30-22-29-13-21(31-22)17-4-5-18-12-28-9-8-16(18)11-17/h2-9,11-14,20H,10,27H2,1H3,(H,29,30)/t14?,20-/m0/s1. The molecule has 2 aromatic carbocycles. The Bertz CT molecular complexity index is 1170. The molecule has 31 heavy (non-hydrogen) atoms. The Balaban J connectivity index is 1.40. The van der Waals surface area contributed by atoms with Gasteiger partial charge in [0.1, 0.15) is 0 Å². The summed E-state index contributed by atoms with van der Waals surface area (Å²) < 4.78 is 38.1. The fourth-order valence-electron chi connectivity index (χ4n) is 3.29. The van der Waals surface area contributed by atoms with Crippen LogP contribution in [-0.4, -0.2) is 22.1 Å². The first-order valence-corrected chi connectivity index (χ1v) is 10.6. The number of fused-ring (bicyclic) bond motifs is 1. The predicted octanol–water partition coefficient (Wildman–Crippen LogP) is 5.75. The summed E-state index contributed by atoms with van der Waals surface area (Å²) >= 11 is 1.53. The summed E-state index contributed by atoms with van der Waals surface area (Å²) in [6, 6.07) is 12.9. The molecule has 4 aromatic rings. The molecule has 2 aromatic heterocycles. The van der Waals surface area contributed by atoms with Gasteiger partial charge in [0.25, 0.3) is 0 Å². The Hall–Kier alpha value is -2.97. The first-order valence-electron chi connectivity index (χ1n) is 9.78. The lowest BCUT2D eigenvalue weighted by Gasteiger charge is -2.21. The number of hydrogen-bond acceptors (Lipinski definition) is 5. The van der Waals surface area contributed by atoms with Gasteiger partial charge < -0.3 is 11.1 Å². The molecule has 3 N–H and O–H groups in total. The molecule has 0 fully saturated rings. The van der Waals surface area contributed by atoms with Gasteiger partial charge in [-0.2, -0.15) is 13.2 Å². The molecule has 0 aliphatic rings. The zero-order chi connectivity index (χ0) is 22.0. The van der Waals surface area contributed by atoms with E-state index in [1.807, 2.05) is 37.5 Å². The smallest absolute Gasteiger partial charge is 0.357 e. The van der Waals surface area contributed by atoms with Crippen molar-refractivity contribution in [2.45, 2.75) is 31.6 Å². The fourth-order valence-corrected chi connectivity index (χ4v) is 4.20. The van der Waals surface area contributed by atoms with Crippen LogP contribution >= 0.6 is 11.3 Å². The summed E-state index contributed by atoms with van der Waals surface area (Å²) in [5.41, 5.74) is 7.47. The second-order valence-electron chi connectivity index (χ2n) is 7.46. The molecule has 8 heteroatoms. The molecule has 0 saturated carbocycles. The molecule has 4 nitrogen and oxygen atoms in total. The number of nitrogens with one attached hydrogen (secondary N) is 1. The second-order valence-corrected chi connectivity index (χ2v) is 8.49. The van der Waals surface area contributed by atoms with Crippen LogP contribution in [0.5, 0.6) is 0 Å². The van der Waals surface area contributed by atoms with E-state index in [1.165, 1.54) is 23.5 Å². The number of rotatable bonds is 6. The lowest BCUT2D eigenvalue weighted by Crippen LogP contribution is -2.39. The number of aromatic nitrogens is 2. The molecule has 160 valence electrons. The lowest BCUT2D eigenvalue weighted by atomic mass is 10.0. The van der Waals surface area contributed by atoms with Crippen LogP contribution in [-0.2, 0) is 12.6 Å². The van der Waals surface area contributed by atoms with Crippen LogP contribution in [0, 0.1) is 0 Å². The number of pyridine rings is 1. The van der Waals surface area contributed by atoms with Crippen molar-refractivity contribution in [3.8, 4) is 10.4 Å². The molecule has 0 amide bonds. The number of alkyl halides is 3. The van der Waals surface area contributed by atoms with Gasteiger partial charge in [0.15, 0.2) is 5.13 Å². The number of anilines is 1. The third-order valence-electron chi connectivity index (χ3n) is 5.18. The van der Waals surface area contributed by atoms with E-state index in [-0.39, 0.29) is 12.1 Å². The molecule has 2 heterocycles. The molecular formula is C23H21F3N4S. The number of halogens is 3. The van der Waals surface area contributed by atoms with Gasteiger partial charge in [-0.3, -0.25) is 4.98 Å². The van der Waals surface area contributed by atoms with Crippen molar-refractivity contribution in [1.82, 2.24) is 9.97 Å². The highest BCUT2D eigenvalue weighted by atomic mass is 32.1. The zero-order valence-electron chi connectivity index (χ0n) is 16.7. The van der Waals surface area contributed by atoms with E-state index in [0.717, 1.165) is 44.0 Å². The van der Waals surface area contributed by atoms with Crippen molar-refractivity contribution < 1.29 is 13.2 Å². The molecule has 0 saturated heterocycles. The molecule has 0 spiro atoms. The number of benzene rings is 2. The van der Waals surface area contributed by atoms with Gasteiger partial charge in [0, 0.05) is 36.1 Å². The van der Waals surface area contributed by atoms with Crippen LogP contribution in [0.4, 0.5) is 18.3 Å². The average Bonchev–Trinajstić information content (AvgIpc) is 3.21. The molecule has 2 atom stereocenters. The highest BCUT2D eigenvalue weighted by molar-refractivity contribution is 7.18. The third-order valence-corrected chi connectivity index (χ3v) is 6.15. The molecular weight excluding hydrogens is 421 g/mol. The van der Waals surface area contributed by atoms with Crippen molar-refractivity contribution in [1.29, 1.82) is 0 Å². The Labute approximate surface area is 182 Å². The van der Waals surface area contributed by atoms with Crippen molar-refractivity contribution >= 4 is 27.2 Å². The normalized spacial score (nSPS) is 13.8. The van der Waals surface area contributed by atoms with Crippen molar-refractivity contribution in [3.05, 3.63) is 78.2 Å². The minimum Gasteiger partial charge on any atom is -0.357 e. The Morgan fingerprint density at radius 3 is 2.55 bits per heavy atom. The lowest BCUT2D eigenvalue weighted by molar-refractivity contribution is -0.137. The van der Waals surface area contributed by atoms with Gasteiger partial charge in [0.2, 0.25) is 0 Å². The molecule has 4 rings (SSSR count). The summed E-state index contributed by atoms with van der Waals surface area (Å²) in [6.07, 6.45) is 1.55. The van der Waals surface area contributed by atoms with Gasteiger partial charge in [-0.1, -0.05) is 35.6 Å². The van der Waals surface area contributed by atoms with Crippen LogP contribution in [0.25, 0.3) is 21.2 Å². The van der Waals surface area contributed by atoms with Gasteiger partial charge in [-0.05, 0) is 54.1 Å². The monoisotopic (exact) mass is 442 g/mol. The van der Waals surface area contributed by atoms with Crippen molar-refractivity contribution in [2.75, 3.05) is 5.32 Å². The maximum absolute atomic E-state index is 12.7. The fraction of sp³-hybridized carbons (Fsp3) is 0.217. The average molecular weight is 443 g/mol. The molecule has 0 aliphatic heterocycles. The SMILES string of the molecule is CC(Nc1ncc(-c2ccc3cnccc3c2)s1)[C@@H](N)Cc1ccc(C(F)(F)F)cc1. The van der Waals surface area contributed by atoms with E-state index in [4.69, 9.17) is 5.73 Å². The Morgan fingerprint density at radius 1 is 1.03 bits per heavy atom. The second kappa shape index (κ2) is 8.64. The van der Waals surface area contributed by atoms with Gasteiger partial charge in [0.05, 0.1) is 10.4 Å². The van der Waals surface area contributed by atoms with Crippen molar-refractivity contribution in [3.63, 3.8) is 0 Å². The van der Waals surface area contributed by atoms with E-state index in [0.29, 0.717) is 6.42 Å². The summed E-state index contributed by atoms with van der Waals surface area (Å²) in [6.45, 7) is 1.94. The summed E-state index contributed by atoms with van der Waals surface area (Å²) in [4.78, 5) is 9.62. The molecule has 0 aliphatic carbocycles. The Kier molecular flexibility index (Phi) is 5.93. The summed E-state index contributed by atoms with van der Waals surface area (Å²) in [5, 5.41) is 6.26. The highest BCUT2D eigenvalue weighted by Gasteiger charge is 2.30. The van der Waals surface area contributed by atoms with E-state index >= 15 is 0 Å². The van der Waals surface area contributed by atoms with E-state index in [1.54, 1.807) is 6.20 Å². The maximum Gasteiger partial charge on any atom is 0.416 e. The predicted molar refractivity (Wildman–Crippen MR) is 119 cm³/mol. The number of thiazole rings is 1. The molecule has 0 radical (unpaired) electrons. The maximum atomic E-state index is 12.7. The van der Waals surface area contributed by atoms with Crippen LogP contribution in [0.1, 0.15) is 18.1 Å². The van der Waals surface area contributed by atoms with Gasteiger partial charge >= 0.3 is 6.18 Å². The van der Waals surface area contributed by atoms with Crippen molar-refractivity contribution in [2.24, 2.45) is 5.73 Å². The van der Waals surface area contributed by atoms with E-state index < -0.39 is 11.7 Å². The number of nitrogens with zero attached hydrogens (tertiary/aromatic N) is 2. The first kappa shape index (κ1) is 21.3. The molecule has 1 unspecified atom stereocenters. The first-order chi connectivity index (χ1) is 14.8. The third kappa shape index (κ3) is 5.03. The largest absolute Gasteiger partial charge is 0.416 e. The van der Waals surface area contributed by atoms with E-state index in [9.17, 15) is 13.2 Å². The van der Waals surface area contributed by atoms with E-state index in [2.05, 4.69) is 21.4 Å². The summed E-state index contributed by atoms with van der Waals surface area (Å²) in [5.74, 6) is 0. The summed E-state index contributed by atoms with van der Waals surface area (Å²) in [7, 11) is 0. The topological polar surface area (TPSA) is 63.8 Å². The van der Waals surface area contributed by atoms with Crippen LogP contribution in [0.15, 0.2) is 67.1 Å². The van der Waals surface area contributed by atoms with Crippen LogP contribution in [0.2, 0.25) is 0 Å². The minimum atomic E-state index is -4.33. The minimum absolute atomic E-state index is 0.107. The Morgan fingerprint density at radius 2 is 1.81 bits per heavy atom. The zero-order valence-corrected chi connectivity index (χ0v) is 17.5. The quantitative estimate of drug-likeness (QED) is 0.399. The number of nitrogens with two attached hydrogens (primary N) is 1. The molecule has 0 bridgehead atoms. The van der Waals surface area contributed by atoms with Gasteiger partial charge in [-0.25, -0.2) is 4.98 Å². The van der Waals surface area contributed by atoms with Crippen LogP contribution in [0.3, 0.4) is 0 Å². The van der Waals surface area contributed by atoms with Crippen LogP contribution < -0.4 is 11.1 Å². The van der Waals surface area contributed by atoms with Gasteiger partial charge in [-0.15, -0.1) is 0 Å².